The molecule has 1 fully saturated rings. The molecule has 2 N–H and O–H groups in total. The second-order valence-electron chi connectivity index (χ2n) is 5.72. The zero-order chi connectivity index (χ0) is 16.7. The van der Waals surface area contributed by atoms with E-state index in [9.17, 15) is 14.4 Å². The van der Waals surface area contributed by atoms with Crippen LogP contribution in [0.1, 0.15) is 49.4 Å². The molecule has 124 valence electrons. The number of esters is 1. The van der Waals surface area contributed by atoms with Gasteiger partial charge in [0.15, 0.2) is 6.10 Å². The third-order valence-electron chi connectivity index (χ3n) is 3.94. The van der Waals surface area contributed by atoms with Crippen LogP contribution in [-0.2, 0) is 14.3 Å². The standard InChI is InChI=1S/C17H22N2O4/c1-12(23-17(22)14-10-6-3-7-11-14)15(20)18-19-16(21)13-8-4-2-5-9-13/h2,4-5,8-9,12,14H,3,6-7,10-11H2,1H3,(H,18,20)(H,19,21)/t12-/m0/s1. The zero-order valence-corrected chi connectivity index (χ0v) is 13.2. The maximum atomic E-state index is 12.0. The number of amides is 2. The van der Waals surface area contributed by atoms with Gasteiger partial charge in [0.05, 0.1) is 5.92 Å². The van der Waals surface area contributed by atoms with E-state index in [1.165, 1.54) is 6.92 Å². The summed E-state index contributed by atoms with van der Waals surface area (Å²) < 4.78 is 5.19. The average Bonchev–Trinajstić information content (AvgIpc) is 2.60. The first-order valence-electron chi connectivity index (χ1n) is 7.93. The number of hydrogen-bond donors (Lipinski definition) is 2. The minimum atomic E-state index is -0.944. The molecule has 1 aromatic rings. The smallest absolute Gasteiger partial charge is 0.309 e. The van der Waals surface area contributed by atoms with E-state index in [-0.39, 0.29) is 11.9 Å². The predicted molar refractivity (Wildman–Crippen MR) is 84.2 cm³/mol. The van der Waals surface area contributed by atoms with Gasteiger partial charge in [0.25, 0.3) is 11.8 Å². The van der Waals surface area contributed by atoms with E-state index in [2.05, 4.69) is 10.9 Å². The van der Waals surface area contributed by atoms with Gasteiger partial charge < -0.3 is 4.74 Å². The van der Waals surface area contributed by atoms with Crippen LogP contribution in [0.15, 0.2) is 30.3 Å². The number of benzene rings is 1. The topological polar surface area (TPSA) is 84.5 Å². The van der Waals surface area contributed by atoms with Gasteiger partial charge in [0.1, 0.15) is 0 Å². The maximum absolute atomic E-state index is 12.0. The summed E-state index contributed by atoms with van der Waals surface area (Å²) in [6, 6.07) is 8.51. The Kier molecular flexibility index (Phi) is 6.14. The van der Waals surface area contributed by atoms with Crippen LogP contribution in [0.3, 0.4) is 0 Å². The molecule has 0 spiro atoms. The molecule has 6 heteroatoms. The number of hydrogen-bond acceptors (Lipinski definition) is 4. The van der Waals surface area contributed by atoms with Gasteiger partial charge in [-0.15, -0.1) is 0 Å². The Morgan fingerprint density at radius 2 is 1.70 bits per heavy atom. The number of ether oxygens (including phenoxy) is 1. The van der Waals surface area contributed by atoms with Crippen LogP contribution < -0.4 is 10.9 Å². The van der Waals surface area contributed by atoms with Gasteiger partial charge in [-0.1, -0.05) is 37.5 Å². The molecule has 1 atom stereocenters. The lowest BCUT2D eigenvalue weighted by atomic mass is 9.89. The van der Waals surface area contributed by atoms with Crippen LogP contribution in [0.4, 0.5) is 0 Å². The summed E-state index contributed by atoms with van der Waals surface area (Å²) in [5.41, 5.74) is 5.01. The Morgan fingerprint density at radius 1 is 1.04 bits per heavy atom. The van der Waals surface area contributed by atoms with Crippen molar-refractivity contribution in [3.05, 3.63) is 35.9 Å². The van der Waals surface area contributed by atoms with Crippen LogP contribution in [0.2, 0.25) is 0 Å². The second kappa shape index (κ2) is 8.31. The quantitative estimate of drug-likeness (QED) is 0.656. The predicted octanol–water partition coefficient (Wildman–Crippen LogP) is 1.96. The zero-order valence-electron chi connectivity index (χ0n) is 13.2. The van der Waals surface area contributed by atoms with Gasteiger partial charge in [-0.05, 0) is 31.9 Å². The normalized spacial score (nSPS) is 16.2. The van der Waals surface area contributed by atoms with Crippen LogP contribution in [0, 0.1) is 5.92 Å². The molecule has 23 heavy (non-hydrogen) atoms. The first-order chi connectivity index (χ1) is 11.1. The Balaban J connectivity index is 1.76. The molecule has 1 saturated carbocycles. The van der Waals surface area contributed by atoms with E-state index in [1.54, 1.807) is 30.3 Å². The van der Waals surface area contributed by atoms with E-state index in [0.717, 1.165) is 32.1 Å². The van der Waals surface area contributed by atoms with Crippen LogP contribution >= 0.6 is 0 Å². The van der Waals surface area contributed by atoms with Crippen molar-refractivity contribution < 1.29 is 19.1 Å². The minimum Gasteiger partial charge on any atom is -0.452 e. The van der Waals surface area contributed by atoms with E-state index in [4.69, 9.17) is 4.74 Å². The fourth-order valence-corrected chi connectivity index (χ4v) is 2.54. The molecule has 1 aliphatic rings. The third-order valence-corrected chi connectivity index (χ3v) is 3.94. The lowest BCUT2D eigenvalue weighted by molar-refractivity contribution is -0.159. The largest absolute Gasteiger partial charge is 0.452 e. The molecule has 0 heterocycles. The lowest BCUT2D eigenvalue weighted by Gasteiger charge is -2.22. The first kappa shape index (κ1) is 17.0. The van der Waals surface area contributed by atoms with Crippen molar-refractivity contribution in [2.45, 2.75) is 45.1 Å². The average molecular weight is 318 g/mol. The highest BCUT2D eigenvalue weighted by Crippen LogP contribution is 2.24. The van der Waals surface area contributed by atoms with Gasteiger partial charge in [-0.3, -0.25) is 25.2 Å². The van der Waals surface area contributed by atoms with Crippen LogP contribution in [0.25, 0.3) is 0 Å². The van der Waals surface area contributed by atoms with Crippen molar-refractivity contribution in [2.24, 2.45) is 5.92 Å². The van der Waals surface area contributed by atoms with Gasteiger partial charge in [-0.2, -0.15) is 0 Å². The highest BCUT2D eigenvalue weighted by molar-refractivity contribution is 5.95. The molecule has 1 aliphatic carbocycles. The Morgan fingerprint density at radius 3 is 2.35 bits per heavy atom. The summed E-state index contributed by atoms with van der Waals surface area (Å²) >= 11 is 0. The fourth-order valence-electron chi connectivity index (χ4n) is 2.54. The monoisotopic (exact) mass is 318 g/mol. The summed E-state index contributed by atoms with van der Waals surface area (Å²) in [5.74, 6) is -1.43. The Labute approximate surface area is 135 Å². The molecule has 6 nitrogen and oxygen atoms in total. The van der Waals surface area contributed by atoms with Crippen molar-refractivity contribution in [3.63, 3.8) is 0 Å². The van der Waals surface area contributed by atoms with Crippen LogP contribution in [0.5, 0.6) is 0 Å². The summed E-state index contributed by atoms with van der Waals surface area (Å²) in [6.45, 7) is 1.49. The molecule has 0 unspecified atom stereocenters. The Hall–Kier alpha value is -2.37. The van der Waals surface area contributed by atoms with E-state index >= 15 is 0 Å². The number of rotatable bonds is 4. The van der Waals surface area contributed by atoms with Crippen molar-refractivity contribution >= 4 is 17.8 Å². The summed E-state index contributed by atoms with van der Waals surface area (Å²) in [7, 11) is 0. The molecule has 0 bridgehead atoms. The second-order valence-corrected chi connectivity index (χ2v) is 5.72. The molecule has 2 rings (SSSR count). The fraction of sp³-hybridized carbons (Fsp3) is 0.471. The molecule has 1 aromatic carbocycles. The SMILES string of the molecule is C[C@H](OC(=O)C1CCCCC1)C(=O)NNC(=O)c1ccccc1. The van der Waals surface area contributed by atoms with Crippen molar-refractivity contribution in [1.29, 1.82) is 0 Å². The molecule has 0 radical (unpaired) electrons. The number of carbonyl (C=O) groups is 3. The number of hydrazine groups is 1. The molecule has 0 saturated heterocycles. The highest BCUT2D eigenvalue weighted by atomic mass is 16.5. The maximum Gasteiger partial charge on any atom is 0.309 e. The lowest BCUT2D eigenvalue weighted by Crippen LogP contribution is -2.47. The summed E-state index contributed by atoms with van der Waals surface area (Å²) in [5, 5.41) is 0. The molecule has 2 amide bonds. The highest BCUT2D eigenvalue weighted by Gasteiger charge is 2.26. The molecular formula is C17H22N2O4. The first-order valence-corrected chi connectivity index (χ1v) is 7.93. The third kappa shape index (κ3) is 5.09. The summed E-state index contributed by atoms with van der Waals surface area (Å²) in [6.07, 6.45) is 3.88. The van der Waals surface area contributed by atoms with Crippen molar-refractivity contribution in [3.8, 4) is 0 Å². The number of carbonyl (C=O) groups excluding carboxylic acids is 3. The molecule has 0 aromatic heterocycles. The minimum absolute atomic E-state index is 0.113. The van der Waals surface area contributed by atoms with Gasteiger partial charge in [-0.25, -0.2) is 0 Å². The van der Waals surface area contributed by atoms with Crippen LogP contribution in [-0.4, -0.2) is 23.9 Å². The summed E-state index contributed by atoms with van der Waals surface area (Å²) in [4.78, 5) is 35.7. The van der Waals surface area contributed by atoms with Gasteiger partial charge in [0.2, 0.25) is 0 Å². The van der Waals surface area contributed by atoms with E-state index in [0.29, 0.717) is 5.56 Å². The van der Waals surface area contributed by atoms with Gasteiger partial charge in [0, 0.05) is 5.56 Å². The molecular weight excluding hydrogens is 296 g/mol. The van der Waals surface area contributed by atoms with Gasteiger partial charge >= 0.3 is 5.97 Å². The number of nitrogens with one attached hydrogen (secondary N) is 2. The van der Waals surface area contributed by atoms with Crippen molar-refractivity contribution in [2.75, 3.05) is 0 Å². The molecule has 0 aliphatic heterocycles. The Bertz CT molecular complexity index is 553. The van der Waals surface area contributed by atoms with E-state index < -0.39 is 17.9 Å². The van der Waals surface area contributed by atoms with E-state index in [1.807, 2.05) is 0 Å². The van der Waals surface area contributed by atoms with Crippen molar-refractivity contribution in [1.82, 2.24) is 10.9 Å².